The fourth-order valence-corrected chi connectivity index (χ4v) is 1.57. The minimum absolute atomic E-state index is 0.422. The van der Waals surface area contributed by atoms with Crippen LogP contribution in [-0.4, -0.2) is 24.6 Å². The molecule has 0 saturated carbocycles. The smallest absolute Gasteiger partial charge is 0.129 e. The molecule has 0 unspecified atom stereocenters. The van der Waals surface area contributed by atoms with Crippen LogP contribution in [0, 0.1) is 11.5 Å². The van der Waals surface area contributed by atoms with Gasteiger partial charge >= 0.3 is 0 Å². The van der Waals surface area contributed by atoms with E-state index in [0.29, 0.717) is 0 Å². The Morgan fingerprint density at radius 3 is 2.42 bits per heavy atom. The van der Waals surface area contributed by atoms with Gasteiger partial charge in [0.2, 0.25) is 0 Å². The Kier molecular flexibility index (Phi) is 5.90. The highest BCUT2D eigenvalue weighted by molar-refractivity contribution is 9.09. The topological polar surface area (TPSA) is 20.2 Å². The second-order valence-electron chi connectivity index (χ2n) is 3.87. The van der Waals surface area contributed by atoms with E-state index in [2.05, 4.69) is 47.0 Å². The Morgan fingerprint density at radius 2 is 2.00 bits per heavy atom. The summed E-state index contributed by atoms with van der Waals surface area (Å²) in [5, 5.41) is 10.3. The lowest BCUT2D eigenvalue weighted by Gasteiger charge is -2.05. The number of aliphatic hydroxyl groups is 1. The maximum atomic E-state index is 9.37. The van der Waals surface area contributed by atoms with Crippen molar-refractivity contribution in [3.8, 4) is 11.5 Å². The van der Waals surface area contributed by atoms with Gasteiger partial charge in [-0.25, -0.2) is 0 Å². The standard InChI is InChI=1S/C9H17BrOSi/c1-12(2,3)8-6-9(11)5-4-7-10/h9,11H,4-5,7H2,1-3H3/t9-/m0/s1. The van der Waals surface area contributed by atoms with Crippen LogP contribution in [-0.2, 0) is 0 Å². The van der Waals surface area contributed by atoms with Gasteiger partial charge < -0.3 is 5.11 Å². The van der Waals surface area contributed by atoms with Gasteiger partial charge in [0.05, 0.1) is 0 Å². The Labute approximate surface area is 84.7 Å². The first-order valence-corrected chi connectivity index (χ1v) is 8.84. The molecular formula is C9H17BrOSi. The fraction of sp³-hybridized carbons (Fsp3) is 0.778. The molecule has 0 radical (unpaired) electrons. The molecule has 0 spiro atoms. The molecule has 0 aromatic carbocycles. The molecule has 0 fully saturated rings. The quantitative estimate of drug-likeness (QED) is 0.462. The van der Waals surface area contributed by atoms with Crippen LogP contribution in [0.4, 0.5) is 0 Å². The molecule has 70 valence electrons. The van der Waals surface area contributed by atoms with Crippen molar-refractivity contribution in [2.75, 3.05) is 5.33 Å². The van der Waals surface area contributed by atoms with Gasteiger partial charge in [-0.05, 0) is 12.8 Å². The first-order valence-electron chi connectivity index (χ1n) is 4.22. The van der Waals surface area contributed by atoms with Crippen molar-refractivity contribution in [1.29, 1.82) is 0 Å². The maximum Gasteiger partial charge on any atom is 0.129 e. The summed E-state index contributed by atoms with van der Waals surface area (Å²) < 4.78 is 0. The minimum Gasteiger partial charge on any atom is -0.380 e. The van der Waals surface area contributed by atoms with Crippen LogP contribution < -0.4 is 0 Å². The van der Waals surface area contributed by atoms with Gasteiger partial charge in [0.25, 0.3) is 0 Å². The first-order chi connectivity index (χ1) is 5.45. The summed E-state index contributed by atoms with van der Waals surface area (Å²) in [5.74, 6) is 2.90. The zero-order valence-electron chi connectivity index (χ0n) is 8.02. The molecule has 0 aliphatic carbocycles. The number of halogens is 1. The highest BCUT2D eigenvalue weighted by Gasteiger charge is 2.08. The molecule has 0 saturated heterocycles. The Hall–Kier alpha value is 0.217. The van der Waals surface area contributed by atoms with Gasteiger partial charge in [-0.2, -0.15) is 0 Å². The molecule has 0 aliphatic rings. The van der Waals surface area contributed by atoms with Gasteiger partial charge in [0, 0.05) is 5.33 Å². The van der Waals surface area contributed by atoms with Crippen LogP contribution in [0.15, 0.2) is 0 Å². The van der Waals surface area contributed by atoms with Crippen molar-refractivity contribution in [3.05, 3.63) is 0 Å². The average Bonchev–Trinajstić information content (AvgIpc) is 1.95. The van der Waals surface area contributed by atoms with E-state index in [1.807, 2.05) is 0 Å². The van der Waals surface area contributed by atoms with Crippen LogP contribution in [0.3, 0.4) is 0 Å². The molecule has 0 heterocycles. The van der Waals surface area contributed by atoms with E-state index >= 15 is 0 Å². The molecule has 0 rings (SSSR count). The largest absolute Gasteiger partial charge is 0.380 e. The van der Waals surface area contributed by atoms with Crippen LogP contribution in [0.5, 0.6) is 0 Å². The van der Waals surface area contributed by atoms with Crippen LogP contribution in [0.2, 0.25) is 19.6 Å². The highest BCUT2D eigenvalue weighted by atomic mass is 79.9. The molecule has 1 N–H and O–H groups in total. The van der Waals surface area contributed by atoms with Crippen molar-refractivity contribution >= 4 is 24.0 Å². The molecule has 3 heteroatoms. The summed E-state index contributed by atoms with van der Waals surface area (Å²) >= 11 is 3.32. The SMILES string of the molecule is C[Si](C)(C)C#C[C@@H](O)CCCBr. The van der Waals surface area contributed by atoms with Crippen molar-refractivity contribution in [1.82, 2.24) is 0 Å². The van der Waals surface area contributed by atoms with E-state index in [1.54, 1.807) is 0 Å². The van der Waals surface area contributed by atoms with E-state index in [4.69, 9.17) is 0 Å². The lowest BCUT2D eigenvalue weighted by atomic mass is 10.2. The lowest BCUT2D eigenvalue weighted by molar-refractivity contribution is 0.221. The van der Waals surface area contributed by atoms with E-state index in [9.17, 15) is 5.11 Å². The van der Waals surface area contributed by atoms with E-state index in [-0.39, 0.29) is 0 Å². The number of hydrogen-bond donors (Lipinski definition) is 1. The number of rotatable bonds is 3. The molecule has 0 bridgehead atoms. The number of hydrogen-bond acceptors (Lipinski definition) is 1. The summed E-state index contributed by atoms with van der Waals surface area (Å²) in [7, 11) is -1.29. The molecule has 1 atom stereocenters. The van der Waals surface area contributed by atoms with E-state index in [1.165, 1.54) is 0 Å². The first kappa shape index (κ1) is 12.2. The van der Waals surface area contributed by atoms with Gasteiger partial charge in [0.15, 0.2) is 0 Å². The van der Waals surface area contributed by atoms with Gasteiger partial charge in [0.1, 0.15) is 14.2 Å². The van der Waals surface area contributed by atoms with Crippen molar-refractivity contribution in [2.24, 2.45) is 0 Å². The molecule has 0 aromatic rings. The monoisotopic (exact) mass is 248 g/mol. The zero-order valence-corrected chi connectivity index (χ0v) is 10.6. The fourth-order valence-electron chi connectivity index (χ4n) is 0.642. The normalized spacial score (nSPS) is 13.4. The third-order valence-corrected chi connectivity index (χ3v) is 2.68. The Morgan fingerprint density at radius 1 is 1.42 bits per heavy atom. The third-order valence-electron chi connectivity index (χ3n) is 1.22. The number of aliphatic hydroxyl groups excluding tert-OH is 1. The van der Waals surface area contributed by atoms with Gasteiger partial charge in [-0.3, -0.25) is 0 Å². The molecule has 0 aliphatic heterocycles. The Balaban J connectivity index is 3.79. The van der Waals surface area contributed by atoms with Crippen LogP contribution in [0.25, 0.3) is 0 Å². The predicted octanol–water partition coefficient (Wildman–Crippen LogP) is 2.40. The molecular weight excluding hydrogens is 232 g/mol. The van der Waals surface area contributed by atoms with Gasteiger partial charge in [-0.1, -0.05) is 41.5 Å². The summed E-state index contributed by atoms with van der Waals surface area (Å²) in [6.07, 6.45) is 1.35. The second kappa shape index (κ2) is 5.79. The van der Waals surface area contributed by atoms with E-state index < -0.39 is 14.2 Å². The zero-order chi connectivity index (χ0) is 9.61. The van der Waals surface area contributed by atoms with Crippen LogP contribution >= 0.6 is 15.9 Å². The summed E-state index contributed by atoms with van der Waals surface area (Å²) in [6.45, 7) is 6.53. The van der Waals surface area contributed by atoms with Gasteiger partial charge in [-0.15, -0.1) is 5.54 Å². The molecule has 12 heavy (non-hydrogen) atoms. The molecule has 1 nitrogen and oxygen atoms in total. The summed E-state index contributed by atoms with van der Waals surface area (Å²) in [6, 6.07) is 0. The molecule has 0 aromatic heterocycles. The van der Waals surface area contributed by atoms with Crippen LogP contribution in [0.1, 0.15) is 12.8 Å². The lowest BCUT2D eigenvalue weighted by Crippen LogP contribution is -2.17. The van der Waals surface area contributed by atoms with Crippen molar-refractivity contribution in [3.63, 3.8) is 0 Å². The van der Waals surface area contributed by atoms with E-state index in [0.717, 1.165) is 18.2 Å². The molecule has 0 amide bonds. The Bertz CT molecular complexity index is 175. The average molecular weight is 249 g/mol. The number of alkyl halides is 1. The van der Waals surface area contributed by atoms with Crippen molar-refractivity contribution < 1.29 is 5.11 Å². The summed E-state index contributed by atoms with van der Waals surface area (Å²) in [5.41, 5.74) is 3.15. The maximum absolute atomic E-state index is 9.37. The highest BCUT2D eigenvalue weighted by Crippen LogP contribution is 2.01. The second-order valence-corrected chi connectivity index (χ2v) is 9.41. The van der Waals surface area contributed by atoms with Crippen molar-refractivity contribution in [2.45, 2.75) is 38.6 Å². The predicted molar refractivity (Wildman–Crippen MR) is 60.2 cm³/mol. The minimum atomic E-state index is -1.29. The third kappa shape index (κ3) is 8.31. The summed E-state index contributed by atoms with van der Waals surface area (Å²) in [4.78, 5) is 0.